The third kappa shape index (κ3) is 3.04. The van der Waals surface area contributed by atoms with Crippen LogP contribution in [0, 0.1) is 17.5 Å². The SMILES string of the molecule is O=C(Nc1cc(F)c(F)c(F)c1)N1CCc2noc(N3CCOC3=O)c2C1. The molecule has 0 unspecified atom stereocenters. The first kappa shape index (κ1) is 17.2. The monoisotopic (exact) mass is 382 g/mol. The third-order valence-corrected chi connectivity index (χ3v) is 4.34. The zero-order valence-electron chi connectivity index (χ0n) is 13.8. The Balaban J connectivity index is 1.51. The smallest absolute Gasteiger partial charge is 0.416 e. The summed E-state index contributed by atoms with van der Waals surface area (Å²) in [6.07, 6.45) is -0.186. The number of ether oxygens (including phenoxy) is 1. The zero-order valence-corrected chi connectivity index (χ0v) is 13.8. The van der Waals surface area contributed by atoms with Gasteiger partial charge in [-0.15, -0.1) is 0 Å². The van der Waals surface area contributed by atoms with E-state index in [2.05, 4.69) is 10.5 Å². The van der Waals surface area contributed by atoms with Crippen LogP contribution in [0.4, 0.5) is 34.3 Å². The summed E-state index contributed by atoms with van der Waals surface area (Å²) in [5.41, 5.74) is 0.968. The van der Waals surface area contributed by atoms with Crippen LogP contribution in [0.15, 0.2) is 16.7 Å². The van der Waals surface area contributed by atoms with Gasteiger partial charge in [0.1, 0.15) is 6.61 Å². The van der Waals surface area contributed by atoms with E-state index >= 15 is 0 Å². The molecule has 8 nitrogen and oxygen atoms in total. The van der Waals surface area contributed by atoms with Crippen LogP contribution >= 0.6 is 0 Å². The maximum atomic E-state index is 13.3. The molecule has 2 aliphatic heterocycles. The van der Waals surface area contributed by atoms with Crippen molar-refractivity contribution in [2.75, 3.05) is 29.9 Å². The molecular weight excluding hydrogens is 369 g/mol. The van der Waals surface area contributed by atoms with Crippen LogP contribution in [0.2, 0.25) is 0 Å². The van der Waals surface area contributed by atoms with Crippen molar-refractivity contribution in [1.29, 1.82) is 0 Å². The summed E-state index contributed by atoms with van der Waals surface area (Å²) < 4.78 is 49.7. The molecule has 3 amide bonds. The number of nitrogens with zero attached hydrogens (tertiary/aromatic N) is 3. The maximum absolute atomic E-state index is 13.3. The summed E-state index contributed by atoms with van der Waals surface area (Å²) >= 11 is 0. The van der Waals surface area contributed by atoms with Crippen LogP contribution in [0.1, 0.15) is 11.3 Å². The number of anilines is 2. The summed E-state index contributed by atoms with van der Waals surface area (Å²) in [7, 11) is 0. The standard InChI is InChI=1S/C16H13F3N4O4/c17-10-5-8(6-11(18)13(10)19)20-15(24)22-2-1-12-9(7-22)14(27-21-12)23-3-4-26-16(23)25/h5-6H,1-4,7H2,(H,20,24). The van der Waals surface area contributed by atoms with Crippen molar-refractivity contribution >= 4 is 23.7 Å². The van der Waals surface area contributed by atoms with Gasteiger partial charge in [0, 0.05) is 30.8 Å². The number of amides is 3. The minimum Gasteiger partial charge on any atom is -0.447 e. The number of carbonyl (C=O) groups is 2. The Hall–Kier alpha value is -3.24. The molecule has 0 radical (unpaired) electrons. The maximum Gasteiger partial charge on any atom is 0.416 e. The van der Waals surface area contributed by atoms with E-state index in [1.807, 2.05) is 0 Å². The molecule has 2 aromatic rings. The molecule has 27 heavy (non-hydrogen) atoms. The van der Waals surface area contributed by atoms with E-state index < -0.39 is 29.6 Å². The highest BCUT2D eigenvalue weighted by Crippen LogP contribution is 2.31. The molecule has 0 spiro atoms. The van der Waals surface area contributed by atoms with Crippen molar-refractivity contribution < 1.29 is 32.0 Å². The Kier molecular flexibility index (Phi) is 4.13. The van der Waals surface area contributed by atoms with E-state index in [1.54, 1.807) is 0 Å². The predicted octanol–water partition coefficient (Wildman–Crippen LogP) is 2.64. The Bertz CT molecular complexity index is 909. The summed E-state index contributed by atoms with van der Waals surface area (Å²) in [5, 5.41) is 6.25. The van der Waals surface area contributed by atoms with Gasteiger partial charge in [0.2, 0.25) is 5.88 Å². The zero-order chi connectivity index (χ0) is 19.1. The summed E-state index contributed by atoms with van der Waals surface area (Å²) in [5.74, 6) is -4.20. The van der Waals surface area contributed by atoms with Gasteiger partial charge in [-0.25, -0.2) is 27.7 Å². The average molecular weight is 382 g/mol. The highest BCUT2D eigenvalue weighted by molar-refractivity contribution is 5.91. The quantitative estimate of drug-likeness (QED) is 0.807. The fourth-order valence-corrected chi connectivity index (χ4v) is 2.99. The second-order valence-corrected chi connectivity index (χ2v) is 6.03. The molecule has 1 N–H and O–H groups in total. The molecule has 1 fully saturated rings. The van der Waals surface area contributed by atoms with E-state index in [0.717, 1.165) is 0 Å². The Labute approximate surface area is 150 Å². The Morgan fingerprint density at radius 2 is 1.93 bits per heavy atom. The number of cyclic esters (lactones) is 1. The number of urea groups is 1. The molecule has 0 aliphatic carbocycles. The van der Waals surface area contributed by atoms with Crippen LogP contribution in [-0.4, -0.2) is 41.9 Å². The first-order valence-corrected chi connectivity index (χ1v) is 8.06. The Morgan fingerprint density at radius 1 is 1.19 bits per heavy atom. The number of benzene rings is 1. The van der Waals surface area contributed by atoms with Crippen molar-refractivity contribution in [1.82, 2.24) is 10.1 Å². The van der Waals surface area contributed by atoms with Crippen molar-refractivity contribution in [2.45, 2.75) is 13.0 Å². The van der Waals surface area contributed by atoms with Gasteiger partial charge >= 0.3 is 12.1 Å². The molecule has 1 aromatic carbocycles. The van der Waals surface area contributed by atoms with Crippen molar-refractivity contribution in [3.63, 3.8) is 0 Å². The lowest BCUT2D eigenvalue weighted by Gasteiger charge is -2.27. The van der Waals surface area contributed by atoms with Gasteiger partial charge in [0.05, 0.1) is 24.3 Å². The molecule has 142 valence electrons. The molecule has 3 heterocycles. The third-order valence-electron chi connectivity index (χ3n) is 4.34. The number of nitrogens with one attached hydrogen (secondary N) is 1. The van der Waals surface area contributed by atoms with E-state index in [9.17, 15) is 22.8 Å². The van der Waals surface area contributed by atoms with Crippen molar-refractivity contribution in [3.05, 3.63) is 40.8 Å². The van der Waals surface area contributed by atoms with Gasteiger partial charge in [-0.2, -0.15) is 0 Å². The number of hydrogen-bond donors (Lipinski definition) is 1. The normalized spacial score (nSPS) is 16.3. The highest BCUT2D eigenvalue weighted by Gasteiger charge is 2.34. The van der Waals surface area contributed by atoms with Gasteiger partial charge in [-0.05, 0) is 0 Å². The first-order valence-electron chi connectivity index (χ1n) is 8.06. The van der Waals surface area contributed by atoms with Crippen LogP contribution in [0.25, 0.3) is 0 Å². The van der Waals surface area contributed by atoms with Crippen LogP contribution in [-0.2, 0) is 17.7 Å². The van der Waals surface area contributed by atoms with E-state index in [0.29, 0.717) is 36.4 Å². The molecule has 0 bridgehead atoms. The minimum absolute atomic E-state index is 0.0793. The molecule has 0 saturated carbocycles. The van der Waals surface area contributed by atoms with Gasteiger partial charge in [-0.1, -0.05) is 5.16 Å². The van der Waals surface area contributed by atoms with E-state index in [1.165, 1.54) is 9.80 Å². The lowest BCUT2D eigenvalue weighted by atomic mass is 10.1. The van der Waals surface area contributed by atoms with Gasteiger partial charge in [0.25, 0.3) is 0 Å². The van der Waals surface area contributed by atoms with Crippen molar-refractivity contribution in [2.24, 2.45) is 0 Å². The largest absolute Gasteiger partial charge is 0.447 e. The number of hydrogen-bond acceptors (Lipinski definition) is 5. The van der Waals surface area contributed by atoms with Gasteiger partial charge in [-0.3, -0.25) is 0 Å². The molecule has 11 heteroatoms. The highest BCUT2D eigenvalue weighted by atomic mass is 19.2. The fourth-order valence-electron chi connectivity index (χ4n) is 2.99. The second-order valence-electron chi connectivity index (χ2n) is 6.03. The van der Waals surface area contributed by atoms with Crippen LogP contribution in [0.5, 0.6) is 0 Å². The average Bonchev–Trinajstić information content (AvgIpc) is 3.24. The lowest BCUT2D eigenvalue weighted by Crippen LogP contribution is -2.39. The second kappa shape index (κ2) is 6.49. The predicted molar refractivity (Wildman–Crippen MR) is 84.6 cm³/mol. The molecule has 0 atom stereocenters. The minimum atomic E-state index is -1.61. The number of rotatable bonds is 2. The van der Waals surface area contributed by atoms with Crippen LogP contribution < -0.4 is 10.2 Å². The van der Waals surface area contributed by atoms with Crippen LogP contribution in [0.3, 0.4) is 0 Å². The molecular formula is C16H13F3N4O4. The summed E-state index contributed by atoms with van der Waals surface area (Å²) in [4.78, 5) is 26.8. The number of halogens is 3. The molecule has 1 saturated heterocycles. The topological polar surface area (TPSA) is 87.9 Å². The lowest BCUT2D eigenvalue weighted by molar-refractivity contribution is 0.180. The van der Waals surface area contributed by atoms with E-state index in [-0.39, 0.29) is 31.3 Å². The van der Waals surface area contributed by atoms with E-state index in [4.69, 9.17) is 9.26 Å². The molecule has 2 aliphatic rings. The summed E-state index contributed by atoms with van der Waals surface area (Å²) in [6.45, 7) is 0.887. The van der Waals surface area contributed by atoms with Crippen molar-refractivity contribution in [3.8, 4) is 0 Å². The fraction of sp³-hybridized carbons (Fsp3) is 0.312. The Morgan fingerprint density at radius 3 is 2.59 bits per heavy atom. The number of fused-ring (bicyclic) bond motifs is 1. The van der Waals surface area contributed by atoms with Gasteiger partial charge < -0.3 is 19.5 Å². The molecule has 1 aromatic heterocycles. The number of carbonyl (C=O) groups excluding carboxylic acids is 2. The first-order chi connectivity index (χ1) is 12.9. The number of aromatic nitrogens is 1. The molecule has 4 rings (SSSR count). The van der Waals surface area contributed by atoms with Gasteiger partial charge in [0.15, 0.2) is 17.5 Å². The summed E-state index contributed by atoms with van der Waals surface area (Å²) in [6, 6.07) is 0.746.